The molecule has 0 radical (unpaired) electrons. The first-order valence-electron chi connectivity index (χ1n) is 4.81. The summed E-state index contributed by atoms with van der Waals surface area (Å²) in [5.41, 5.74) is 0. The molecule has 0 amide bonds. The van der Waals surface area contributed by atoms with Gasteiger partial charge in [0.2, 0.25) is 0 Å². The van der Waals surface area contributed by atoms with Gasteiger partial charge in [0.25, 0.3) is 0 Å². The van der Waals surface area contributed by atoms with Gasteiger partial charge in [-0.2, -0.15) is 0 Å². The summed E-state index contributed by atoms with van der Waals surface area (Å²) in [6.07, 6.45) is 2.23. The van der Waals surface area contributed by atoms with Crippen LogP contribution in [0.5, 0.6) is 0 Å². The minimum atomic E-state index is -0.635. The lowest BCUT2D eigenvalue weighted by Gasteiger charge is -2.16. The van der Waals surface area contributed by atoms with Crippen LogP contribution in [-0.2, 0) is 14.3 Å². The minimum Gasteiger partial charge on any atom is -0.468 e. The van der Waals surface area contributed by atoms with Crippen molar-refractivity contribution >= 4 is 5.97 Å². The zero-order valence-electron chi connectivity index (χ0n) is 8.36. The van der Waals surface area contributed by atoms with Crippen LogP contribution >= 0.6 is 0 Å². The lowest BCUT2D eigenvalue weighted by Crippen LogP contribution is -2.43. The molecule has 5 nitrogen and oxygen atoms in total. The van der Waals surface area contributed by atoms with Crippen LogP contribution in [0.1, 0.15) is 12.8 Å². The van der Waals surface area contributed by atoms with Crippen molar-refractivity contribution in [1.82, 2.24) is 5.32 Å². The van der Waals surface area contributed by atoms with Crippen molar-refractivity contribution in [3.8, 4) is 0 Å². The average Bonchev–Trinajstić information content (AvgIpc) is 2.71. The third-order valence-electron chi connectivity index (χ3n) is 2.28. The number of hydrogen-bond donors (Lipinski definition) is 2. The molecule has 5 heteroatoms. The van der Waals surface area contributed by atoms with E-state index in [4.69, 9.17) is 9.84 Å². The Balaban J connectivity index is 2.22. The van der Waals surface area contributed by atoms with Crippen LogP contribution in [0.3, 0.4) is 0 Å². The predicted molar refractivity (Wildman–Crippen MR) is 49.9 cm³/mol. The molecular formula is C9H17NO4. The van der Waals surface area contributed by atoms with Crippen molar-refractivity contribution in [3.63, 3.8) is 0 Å². The molecule has 82 valence electrons. The third kappa shape index (κ3) is 3.25. The maximum atomic E-state index is 11.1. The summed E-state index contributed by atoms with van der Waals surface area (Å²) in [7, 11) is 1.30. The summed E-state index contributed by atoms with van der Waals surface area (Å²) >= 11 is 0. The molecule has 1 heterocycles. The molecular weight excluding hydrogens is 186 g/mol. The largest absolute Gasteiger partial charge is 0.468 e. The lowest BCUT2D eigenvalue weighted by molar-refractivity contribution is -0.144. The highest BCUT2D eigenvalue weighted by molar-refractivity contribution is 5.75. The van der Waals surface area contributed by atoms with Crippen molar-refractivity contribution in [3.05, 3.63) is 0 Å². The van der Waals surface area contributed by atoms with E-state index in [1.807, 2.05) is 0 Å². The van der Waals surface area contributed by atoms with E-state index in [2.05, 4.69) is 10.1 Å². The number of aliphatic hydroxyl groups is 1. The second kappa shape index (κ2) is 5.95. The van der Waals surface area contributed by atoms with Crippen molar-refractivity contribution < 1.29 is 19.4 Å². The molecule has 0 bridgehead atoms. The fourth-order valence-electron chi connectivity index (χ4n) is 1.44. The SMILES string of the molecule is COC(=O)C(CO)NCC1CCCO1. The van der Waals surface area contributed by atoms with E-state index in [0.717, 1.165) is 19.4 Å². The first-order chi connectivity index (χ1) is 6.77. The molecule has 0 saturated carbocycles. The molecule has 2 unspecified atom stereocenters. The number of rotatable bonds is 5. The Labute approximate surface area is 83.4 Å². The molecule has 14 heavy (non-hydrogen) atoms. The van der Waals surface area contributed by atoms with Gasteiger partial charge in [0, 0.05) is 13.2 Å². The van der Waals surface area contributed by atoms with E-state index >= 15 is 0 Å². The van der Waals surface area contributed by atoms with Gasteiger partial charge >= 0.3 is 5.97 Å². The highest BCUT2D eigenvalue weighted by atomic mass is 16.5. The number of esters is 1. The molecule has 1 aliphatic heterocycles. The van der Waals surface area contributed by atoms with E-state index in [9.17, 15) is 4.79 Å². The molecule has 0 aromatic heterocycles. The quantitative estimate of drug-likeness (QED) is 0.578. The van der Waals surface area contributed by atoms with Gasteiger partial charge in [0.05, 0.1) is 19.8 Å². The number of ether oxygens (including phenoxy) is 2. The molecule has 1 aliphatic rings. The summed E-state index contributed by atoms with van der Waals surface area (Å²) in [6, 6.07) is -0.635. The van der Waals surface area contributed by atoms with Gasteiger partial charge in [-0.1, -0.05) is 0 Å². The molecule has 1 saturated heterocycles. The highest BCUT2D eigenvalue weighted by Crippen LogP contribution is 2.10. The smallest absolute Gasteiger partial charge is 0.325 e. The molecule has 0 spiro atoms. The number of methoxy groups -OCH3 is 1. The van der Waals surface area contributed by atoms with Gasteiger partial charge in [-0.05, 0) is 12.8 Å². The van der Waals surface area contributed by atoms with Crippen LogP contribution in [0.15, 0.2) is 0 Å². The maximum Gasteiger partial charge on any atom is 0.325 e. The molecule has 0 aromatic rings. The number of hydrogen-bond acceptors (Lipinski definition) is 5. The lowest BCUT2D eigenvalue weighted by atomic mass is 10.2. The van der Waals surface area contributed by atoms with Gasteiger partial charge in [-0.25, -0.2) is 0 Å². The van der Waals surface area contributed by atoms with E-state index in [0.29, 0.717) is 6.54 Å². The standard InChI is InChI=1S/C9H17NO4/c1-13-9(12)8(6-11)10-5-7-3-2-4-14-7/h7-8,10-11H,2-6H2,1H3. The van der Waals surface area contributed by atoms with E-state index < -0.39 is 12.0 Å². The average molecular weight is 203 g/mol. The zero-order valence-corrected chi connectivity index (χ0v) is 8.36. The Hall–Kier alpha value is -0.650. The van der Waals surface area contributed by atoms with Crippen LogP contribution in [0.25, 0.3) is 0 Å². The monoisotopic (exact) mass is 203 g/mol. The van der Waals surface area contributed by atoms with E-state index in [1.165, 1.54) is 7.11 Å². The van der Waals surface area contributed by atoms with E-state index in [-0.39, 0.29) is 12.7 Å². The van der Waals surface area contributed by atoms with Crippen LogP contribution in [-0.4, -0.2) is 50.1 Å². The Bertz CT molecular complexity index is 180. The normalized spacial score (nSPS) is 23.4. The van der Waals surface area contributed by atoms with E-state index in [1.54, 1.807) is 0 Å². The Morgan fingerprint density at radius 1 is 1.79 bits per heavy atom. The molecule has 0 aliphatic carbocycles. The first-order valence-corrected chi connectivity index (χ1v) is 4.81. The Morgan fingerprint density at radius 2 is 2.57 bits per heavy atom. The predicted octanol–water partition coefficient (Wildman–Crippen LogP) is -0.711. The number of aliphatic hydroxyl groups excluding tert-OH is 1. The zero-order chi connectivity index (χ0) is 10.4. The van der Waals surface area contributed by atoms with Crippen LogP contribution in [0, 0.1) is 0 Å². The molecule has 2 atom stereocenters. The van der Waals surface area contributed by atoms with Crippen LogP contribution in [0.2, 0.25) is 0 Å². The van der Waals surface area contributed by atoms with Gasteiger partial charge < -0.3 is 14.6 Å². The maximum absolute atomic E-state index is 11.1. The van der Waals surface area contributed by atoms with Crippen molar-refractivity contribution in [2.24, 2.45) is 0 Å². The molecule has 0 aromatic carbocycles. The van der Waals surface area contributed by atoms with Crippen molar-refractivity contribution in [1.29, 1.82) is 0 Å². The number of carbonyl (C=O) groups excluding carboxylic acids is 1. The number of nitrogens with one attached hydrogen (secondary N) is 1. The van der Waals surface area contributed by atoms with Crippen molar-refractivity contribution in [2.75, 3.05) is 26.9 Å². The summed E-state index contributed by atoms with van der Waals surface area (Å²) in [4.78, 5) is 11.1. The molecule has 1 fully saturated rings. The second-order valence-corrected chi connectivity index (χ2v) is 3.30. The van der Waals surface area contributed by atoms with Gasteiger partial charge in [0.15, 0.2) is 0 Å². The second-order valence-electron chi connectivity index (χ2n) is 3.30. The topological polar surface area (TPSA) is 67.8 Å². The summed E-state index contributed by atoms with van der Waals surface area (Å²) in [6.45, 7) is 1.12. The Morgan fingerprint density at radius 3 is 3.07 bits per heavy atom. The summed E-state index contributed by atoms with van der Waals surface area (Å²) in [5.74, 6) is -0.439. The number of carbonyl (C=O) groups is 1. The molecule has 1 rings (SSSR count). The van der Waals surface area contributed by atoms with Gasteiger partial charge in [0.1, 0.15) is 6.04 Å². The summed E-state index contributed by atoms with van der Waals surface area (Å²) < 4.78 is 9.88. The van der Waals surface area contributed by atoms with Crippen molar-refractivity contribution in [2.45, 2.75) is 25.0 Å². The fraction of sp³-hybridized carbons (Fsp3) is 0.889. The Kier molecular flexibility index (Phi) is 4.86. The fourth-order valence-corrected chi connectivity index (χ4v) is 1.44. The first kappa shape index (κ1) is 11.4. The highest BCUT2D eigenvalue weighted by Gasteiger charge is 2.21. The third-order valence-corrected chi connectivity index (χ3v) is 2.28. The van der Waals surface area contributed by atoms with Gasteiger partial charge in [-0.15, -0.1) is 0 Å². The minimum absolute atomic E-state index is 0.161. The molecule has 2 N–H and O–H groups in total. The summed E-state index contributed by atoms with van der Waals surface area (Å²) in [5, 5.41) is 11.8. The van der Waals surface area contributed by atoms with Crippen LogP contribution < -0.4 is 5.32 Å². The van der Waals surface area contributed by atoms with Gasteiger partial charge in [-0.3, -0.25) is 10.1 Å². The van der Waals surface area contributed by atoms with Crippen LogP contribution in [0.4, 0.5) is 0 Å².